The molecular formula is C19H21N5O. The molecule has 5 rings (SSSR count). The first-order valence-electron chi connectivity index (χ1n) is 9.01. The fourth-order valence-corrected chi connectivity index (χ4v) is 4.33. The lowest BCUT2D eigenvalue weighted by Crippen LogP contribution is -2.38. The van der Waals surface area contributed by atoms with Crippen molar-refractivity contribution in [1.82, 2.24) is 25.4 Å². The van der Waals surface area contributed by atoms with Crippen LogP contribution in [0.3, 0.4) is 0 Å². The molecule has 0 aromatic carbocycles. The van der Waals surface area contributed by atoms with Crippen LogP contribution in [0.25, 0.3) is 11.3 Å². The summed E-state index contributed by atoms with van der Waals surface area (Å²) in [5.41, 5.74) is 4.26. The number of hydrogen-bond acceptors (Lipinski definition) is 5. The smallest absolute Gasteiger partial charge is 0.226 e. The molecule has 1 N–H and O–H groups in total. The van der Waals surface area contributed by atoms with Gasteiger partial charge in [-0.3, -0.25) is 9.78 Å². The van der Waals surface area contributed by atoms with Crippen LogP contribution in [-0.2, 0) is 17.8 Å². The Balaban J connectivity index is 1.36. The van der Waals surface area contributed by atoms with E-state index in [1.165, 1.54) is 0 Å². The van der Waals surface area contributed by atoms with Gasteiger partial charge in [0.15, 0.2) is 0 Å². The number of nitrogens with one attached hydrogen (secondary N) is 1. The average molecular weight is 335 g/mol. The lowest BCUT2D eigenvalue weighted by atomic mass is 10.0. The maximum Gasteiger partial charge on any atom is 0.226 e. The van der Waals surface area contributed by atoms with E-state index >= 15 is 0 Å². The third-order valence-electron chi connectivity index (χ3n) is 5.99. The van der Waals surface area contributed by atoms with Gasteiger partial charge in [0, 0.05) is 49.9 Å². The number of aromatic nitrogens is 3. The third kappa shape index (κ3) is 2.52. The Morgan fingerprint density at radius 1 is 1.28 bits per heavy atom. The fourth-order valence-electron chi connectivity index (χ4n) is 4.33. The maximum absolute atomic E-state index is 12.9. The van der Waals surface area contributed by atoms with E-state index in [2.05, 4.69) is 26.6 Å². The van der Waals surface area contributed by atoms with E-state index in [9.17, 15) is 4.79 Å². The molecule has 1 aliphatic carbocycles. The fraction of sp³-hybridized carbons (Fsp3) is 0.474. The Labute approximate surface area is 146 Å². The molecule has 128 valence electrons. The zero-order valence-corrected chi connectivity index (χ0v) is 14.1. The molecule has 3 aliphatic rings. The van der Waals surface area contributed by atoms with E-state index in [1.54, 1.807) is 12.4 Å². The van der Waals surface area contributed by atoms with Crippen LogP contribution in [-0.4, -0.2) is 45.6 Å². The first-order chi connectivity index (χ1) is 12.3. The van der Waals surface area contributed by atoms with Crippen molar-refractivity contribution in [2.45, 2.75) is 25.8 Å². The summed E-state index contributed by atoms with van der Waals surface area (Å²) < 4.78 is 0. The van der Waals surface area contributed by atoms with Crippen LogP contribution in [0, 0.1) is 11.3 Å². The summed E-state index contributed by atoms with van der Waals surface area (Å²) in [5.74, 6) is 0.551. The molecule has 0 radical (unpaired) electrons. The molecule has 2 aromatic rings. The summed E-state index contributed by atoms with van der Waals surface area (Å²) in [6, 6.07) is 5.95. The van der Waals surface area contributed by atoms with E-state index in [0.29, 0.717) is 12.5 Å². The minimum atomic E-state index is 0.221. The number of hydrogen-bond donors (Lipinski definition) is 1. The van der Waals surface area contributed by atoms with Crippen LogP contribution >= 0.6 is 0 Å². The van der Waals surface area contributed by atoms with Crippen molar-refractivity contribution in [3.05, 3.63) is 41.9 Å². The van der Waals surface area contributed by atoms with E-state index in [1.807, 2.05) is 17.0 Å². The number of fused-ring (bicyclic) bond motifs is 1. The lowest BCUT2D eigenvalue weighted by Gasteiger charge is -2.29. The molecule has 2 fully saturated rings. The number of amides is 1. The monoisotopic (exact) mass is 335 g/mol. The van der Waals surface area contributed by atoms with Gasteiger partial charge in [-0.15, -0.1) is 0 Å². The zero-order chi connectivity index (χ0) is 16.9. The van der Waals surface area contributed by atoms with Gasteiger partial charge in [0.25, 0.3) is 0 Å². The Kier molecular flexibility index (Phi) is 3.35. The minimum absolute atomic E-state index is 0.221. The summed E-state index contributed by atoms with van der Waals surface area (Å²) in [6.07, 6.45) is 6.51. The highest BCUT2D eigenvalue weighted by Gasteiger charge is 2.59. The third-order valence-corrected chi connectivity index (χ3v) is 5.99. The van der Waals surface area contributed by atoms with Gasteiger partial charge in [0.05, 0.1) is 11.4 Å². The maximum atomic E-state index is 12.9. The quantitative estimate of drug-likeness (QED) is 0.899. The predicted molar refractivity (Wildman–Crippen MR) is 92.4 cm³/mol. The Morgan fingerprint density at radius 2 is 2.16 bits per heavy atom. The van der Waals surface area contributed by atoms with Crippen molar-refractivity contribution in [2.24, 2.45) is 11.3 Å². The van der Waals surface area contributed by atoms with Crippen molar-refractivity contribution >= 4 is 5.91 Å². The van der Waals surface area contributed by atoms with Crippen LogP contribution in [0.4, 0.5) is 0 Å². The minimum Gasteiger partial charge on any atom is -0.338 e. The van der Waals surface area contributed by atoms with E-state index in [0.717, 1.165) is 61.4 Å². The average Bonchev–Trinajstić information content (AvgIpc) is 3.17. The van der Waals surface area contributed by atoms with Gasteiger partial charge in [0.1, 0.15) is 0 Å². The number of nitrogens with zero attached hydrogens (tertiary/aromatic N) is 4. The standard InChI is InChI=1S/C19H21N5O/c25-18(15-10-19(15)4-7-21-12-19)24-8-3-16-14(11-24)9-17(23-22-16)13-1-5-20-6-2-13/h1-2,5-6,9,15,21H,3-4,7-8,10-12H2. The van der Waals surface area contributed by atoms with E-state index in [-0.39, 0.29) is 11.3 Å². The predicted octanol–water partition coefficient (Wildman–Crippen LogP) is 1.42. The zero-order valence-electron chi connectivity index (χ0n) is 14.1. The SMILES string of the molecule is O=C(C1CC12CCNC2)N1CCc2nnc(-c3ccncc3)cc2C1. The van der Waals surface area contributed by atoms with Gasteiger partial charge >= 0.3 is 0 Å². The highest BCUT2D eigenvalue weighted by molar-refractivity contribution is 5.83. The highest BCUT2D eigenvalue weighted by atomic mass is 16.2. The molecule has 2 aliphatic heterocycles. The molecule has 1 saturated heterocycles. The van der Waals surface area contributed by atoms with Crippen molar-refractivity contribution in [1.29, 1.82) is 0 Å². The second-order valence-corrected chi connectivity index (χ2v) is 7.49. The van der Waals surface area contributed by atoms with E-state index < -0.39 is 0 Å². The molecule has 4 heterocycles. The molecule has 25 heavy (non-hydrogen) atoms. The summed E-state index contributed by atoms with van der Waals surface area (Å²) >= 11 is 0. The Hall–Kier alpha value is -2.34. The Morgan fingerprint density at radius 3 is 2.96 bits per heavy atom. The van der Waals surface area contributed by atoms with Crippen molar-refractivity contribution in [3.8, 4) is 11.3 Å². The summed E-state index contributed by atoms with van der Waals surface area (Å²) in [7, 11) is 0. The molecule has 0 bridgehead atoms. The second kappa shape index (κ2) is 5.59. The van der Waals surface area contributed by atoms with Crippen LogP contribution in [0.2, 0.25) is 0 Å². The molecular weight excluding hydrogens is 314 g/mol. The van der Waals surface area contributed by atoms with Gasteiger partial charge in [0.2, 0.25) is 5.91 Å². The summed E-state index contributed by atoms with van der Waals surface area (Å²) in [4.78, 5) is 19.0. The molecule has 2 aromatic heterocycles. The largest absolute Gasteiger partial charge is 0.338 e. The summed E-state index contributed by atoms with van der Waals surface area (Å²) in [5, 5.41) is 12.2. The molecule has 6 heteroatoms. The topological polar surface area (TPSA) is 71.0 Å². The van der Waals surface area contributed by atoms with Crippen molar-refractivity contribution in [2.75, 3.05) is 19.6 Å². The van der Waals surface area contributed by atoms with Gasteiger partial charge in [-0.25, -0.2) is 0 Å². The van der Waals surface area contributed by atoms with Crippen LogP contribution in [0.1, 0.15) is 24.1 Å². The van der Waals surface area contributed by atoms with Crippen LogP contribution in [0.5, 0.6) is 0 Å². The Bertz CT molecular complexity index is 816. The number of rotatable bonds is 2. The normalized spacial score (nSPS) is 27.4. The number of pyridine rings is 1. The lowest BCUT2D eigenvalue weighted by molar-refractivity contribution is -0.134. The van der Waals surface area contributed by atoms with Crippen LogP contribution in [0.15, 0.2) is 30.6 Å². The molecule has 6 nitrogen and oxygen atoms in total. The van der Waals surface area contributed by atoms with Gasteiger partial charge in [-0.2, -0.15) is 10.2 Å². The summed E-state index contributed by atoms with van der Waals surface area (Å²) in [6.45, 7) is 3.47. The number of carbonyl (C=O) groups is 1. The molecule has 1 spiro atoms. The van der Waals surface area contributed by atoms with Crippen molar-refractivity contribution < 1.29 is 4.79 Å². The van der Waals surface area contributed by atoms with Crippen LogP contribution < -0.4 is 5.32 Å². The second-order valence-electron chi connectivity index (χ2n) is 7.49. The molecule has 1 amide bonds. The van der Waals surface area contributed by atoms with Gasteiger partial charge < -0.3 is 10.2 Å². The molecule has 2 atom stereocenters. The van der Waals surface area contributed by atoms with Gasteiger partial charge in [-0.1, -0.05) is 0 Å². The van der Waals surface area contributed by atoms with E-state index in [4.69, 9.17) is 0 Å². The first-order valence-corrected chi connectivity index (χ1v) is 9.01. The highest BCUT2D eigenvalue weighted by Crippen LogP contribution is 2.57. The molecule has 1 saturated carbocycles. The first kappa shape index (κ1) is 15.0. The number of carbonyl (C=O) groups excluding carboxylic acids is 1. The molecule has 2 unspecified atom stereocenters. The van der Waals surface area contributed by atoms with Crippen molar-refractivity contribution in [3.63, 3.8) is 0 Å². The van der Waals surface area contributed by atoms with Gasteiger partial charge in [-0.05, 0) is 48.6 Å².